The summed E-state index contributed by atoms with van der Waals surface area (Å²) in [7, 11) is -3.80. The number of halogens is 2. The minimum atomic E-state index is -3.80. The molecule has 0 N–H and O–H groups in total. The Morgan fingerprint density at radius 1 is 0.893 bits per heavy atom. The molecule has 4 nitrogen and oxygen atoms in total. The van der Waals surface area contributed by atoms with E-state index in [1.54, 1.807) is 29.3 Å². The highest BCUT2D eigenvalue weighted by molar-refractivity contribution is 7.89. The number of rotatable bonds is 4. The number of hydrogen-bond donors (Lipinski definition) is 0. The summed E-state index contributed by atoms with van der Waals surface area (Å²) in [5, 5.41) is 2.21. The molecule has 0 saturated carbocycles. The van der Waals surface area contributed by atoms with Crippen molar-refractivity contribution in [3.63, 3.8) is 0 Å². The highest BCUT2D eigenvalue weighted by Crippen LogP contribution is 2.39. The number of anilines is 1. The Hall–Kier alpha value is -2.41. The summed E-state index contributed by atoms with van der Waals surface area (Å²) in [6.07, 6.45) is 0.619. The van der Waals surface area contributed by atoms with Gasteiger partial charge >= 0.3 is 0 Å². The lowest BCUT2D eigenvalue weighted by atomic mass is 10.0. The van der Waals surface area contributed by atoms with Crippen molar-refractivity contribution < 1.29 is 12.8 Å². The van der Waals surface area contributed by atoms with Crippen LogP contribution in [0, 0.1) is 5.82 Å². The summed E-state index contributed by atoms with van der Waals surface area (Å²) >= 11 is 5.91. The van der Waals surface area contributed by atoms with E-state index in [0.29, 0.717) is 23.7 Å². The van der Waals surface area contributed by atoms with Crippen LogP contribution < -0.4 is 5.01 Å². The van der Waals surface area contributed by atoms with Gasteiger partial charge in [-0.3, -0.25) is 5.01 Å². The lowest BCUT2D eigenvalue weighted by Crippen LogP contribution is -2.42. The van der Waals surface area contributed by atoms with Gasteiger partial charge in [-0.15, -0.1) is 4.41 Å². The topological polar surface area (TPSA) is 40.6 Å². The standard InChI is InChI=1S/C21H18ClFN2O2S/c22-17-6-12-20(13-7-17)28(26,27)24-15-14-21(16-4-2-1-3-5-16)25(24)19-10-8-18(23)9-11-19/h1-13,21H,14-15H2. The van der Waals surface area contributed by atoms with Gasteiger partial charge in [0.1, 0.15) is 5.82 Å². The Morgan fingerprint density at radius 2 is 1.54 bits per heavy atom. The molecule has 0 amide bonds. The molecule has 0 bridgehead atoms. The normalized spacial score (nSPS) is 17.8. The van der Waals surface area contributed by atoms with Crippen molar-refractivity contribution in [2.24, 2.45) is 0 Å². The van der Waals surface area contributed by atoms with Crippen LogP contribution in [0.4, 0.5) is 10.1 Å². The van der Waals surface area contributed by atoms with Gasteiger partial charge in [-0.25, -0.2) is 12.8 Å². The molecular formula is C21H18ClFN2O2S. The summed E-state index contributed by atoms with van der Waals surface area (Å²) in [5.41, 5.74) is 1.62. The molecule has 0 aliphatic carbocycles. The van der Waals surface area contributed by atoms with Crippen LogP contribution in [0.1, 0.15) is 18.0 Å². The van der Waals surface area contributed by atoms with E-state index in [9.17, 15) is 12.8 Å². The third-order valence-corrected chi connectivity index (χ3v) is 6.83. The predicted octanol–water partition coefficient (Wildman–Crippen LogP) is 5.04. The van der Waals surface area contributed by atoms with Gasteiger partial charge in [-0.2, -0.15) is 0 Å². The van der Waals surface area contributed by atoms with Crippen LogP contribution in [0.15, 0.2) is 83.8 Å². The summed E-state index contributed by atoms with van der Waals surface area (Å²) in [6, 6.07) is 21.5. The Morgan fingerprint density at radius 3 is 2.18 bits per heavy atom. The van der Waals surface area contributed by atoms with E-state index in [1.807, 2.05) is 30.3 Å². The van der Waals surface area contributed by atoms with E-state index in [2.05, 4.69) is 0 Å². The number of hydrogen-bond acceptors (Lipinski definition) is 3. The van der Waals surface area contributed by atoms with Gasteiger partial charge in [-0.05, 0) is 60.5 Å². The van der Waals surface area contributed by atoms with Gasteiger partial charge in [0, 0.05) is 11.6 Å². The van der Waals surface area contributed by atoms with Crippen LogP contribution in [0.25, 0.3) is 0 Å². The van der Waals surface area contributed by atoms with Crippen LogP contribution in [0.5, 0.6) is 0 Å². The number of benzene rings is 3. The second-order valence-electron chi connectivity index (χ2n) is 6.54. The number of sulfonamides is 1. The third kappa shape index (κ3) is 3.51. The Bertz CT molecular complexity index is 1060. The molecule has 0 spiro atoms. The SMILES string of the molecule is O=S(=O)(c1ccc(Cl)cc1)N1CCC(c2ccccc2)N1c1ccc(F)cc1. The second-order valence-corrected chi connectivity index (χ2v) is 8.82. The number of nitrogens with zero attached hydrogens (tertiary/aromatic N) is 2. The molecule has 1 unspecified atom stereocenters. The average molecular weight is 417 g/mol. The van der Waals surface area contributed by atoms with Crippen LogP contribution >= 0.6 is 11.6 Å². The van der Waals surface area contributed by atoms with Crippen molar-refractivity contribution >= 4 is 27.3 Å². The fourth-order valence-corrected chi connectivity index (χ4v) is 5.10. The summed E-state index contributed by atoms with van der Waals surface area (Å²) in [5.74, 6) is -0.369. The molecule has 1 aliphatic heterocycles. The van der Waals surface area contributed by atoms with Crippen LogP contribution in [0.3, 0.4) is 0 Å². The first-order valence-corrected chi connectivity index (χ1v) is 10.7. The molecule has 144 valence electrons. The molecule has 4 rings (SSSR count). The fourth-order valence-electron chi connectivity index (χ4n) is 3.47. The molecule has 3 aromatic carbocycles. The zero-order chi connectivity index (χ0) is 19.7. The van der Waals surface area contributed by atoms with E-state index in [4.69, 9.17) is 11.6 Å². The molecule has 28 heavy (non-hydrogen) atoms. The van der Waals surface area contributed by atoms with Crippen molar-refractivity contribution in [1.29, 1.82) is 0 Å². The first-order valence-electron chi connectivity index (χ1n) is 8.85. The Kier molecular flexibility index (Phi) is 5.10. The van der Waals surface area contributed by atoms with E-state index < -0.39 is 10.0 Å². The zero-order valence-electron chi connectivity index (χ0n) is 14.9. The molecule has 3 aromatic rings. The van der Waals surface area contributed by atoms with Crippen LogP contribution in [0.2, 0.25) is 5.02 Å². The maximum Gasteiger partial charge on any atom is 0.260 e. The Labute approximate surface area is 168 Å². The maximum atomic E-state index is 13.5. The molecule has 1 aliphatic rings. The molecule has 1 saturated heterocycles. The fraction of sp³-hybridized carbons (Fsp3) is 0.143. The van der Waals surface area contributed by atoms with Crippen molar-refractivity contribution in [3.05, 3.63) is 95.3 Å². The minimum Gasteiger partial charge on any atom is -0.285 e. The van der Waals surface area contributed by atoms with E-state index in [1.165, 1.54) is 28.7 Å². The summed E-state index contributed by atoms with van der Waals surface area (Å²) in [6.45, 7) is 0.321. The molecule has 1 fully saturated rings. The highest BCUT2D eigenvalue weighted by Gasteiger charge is 2.40. The average Bonchev–Trinajstić information content (AvgIpc) is 3.15. The van der Waals surface area contributed by atoms with E-state index >= 15 is 0 Å². The lowest BCUT2D eigenvalue weighted by Gasteiger charge is -2.33. The highest BCUT2D eigenvalue weighted by atomic mass is 35.5. The molecule has 1 heterocycles. The third-order valence-electron chi connectivity index (χ3n) is 4.79. The van der Waals surface area contributed by atoms with E-state index in [0.717, 1.165) is 5.56 Å². The molecule has 0 radical (unpaired) electrons. The van der Waals surface area contributed by atoms with Gasteiger partial charge < -0.3 is 0 Å². The summed E-state index contributed by atoms with van der Waals surface area (Å²) < 4.78 is 41.5. The Balaban J connectivity index is 1.79. The van der Waals surface area contributed by atoms with Crippen molar-refractivity contribution in [2.45, 2.75) is 17.4 Å². The quantitative estimate of drug-likeness (QED) is 0.598. The van der Waals surface area contributed by atoms with Crippen molar-refractivity contribution in [2.75, 3.05) is 11.6 Å². The van der Waals surface area contributed by atoms with Crippen LogP contribution in [-0.4, -0.2) is 19.4 Å². The van der Waals surface area contributed by atoms with Gasteiger partial charge in [0.15, 0.2) is 0 Å². The van der Waals surface area contributed by atoms with Gasteiger partial charge in [0.25, 0.3) is 10.0 Å². The monoisotopic (exact) mass is 416 g/mol. The van der Waals surface area contributed by atoms with Crippen molar-refractivity contribution in [1.82, 2.24) is 4.41 Å². The lowest BCUT2D eigenvalue weighted by molar-refractivity contribution is 0.440. The number of hydrazine groups is 1. The van der Waals surface area contributed by atoms with Gasteiger partial charge in [0.05, 0.1) is 16.6 Å². The largest absolute Gasteiger partial charge is 0.285 e. The predicted molar refractivity (Wildman–Crippen MR) is 108 cm³/mol. The molecule has 0 aromatic heterocycles. The molecule has 7 heteroatoms. The smallest absolute Gasteiger partial charge is 0.260 e. The van der Waals surface area contributed by atoms with Gasteiger partial charge in [0.2, 0.25) is 0 Å². The minimum absolute atomic E-state index is 0.165. The maximum absolute atomic E-state index is 13.5. The van der Waals surface area contributed by atoms with Crippen molar-refractivity contribution in [3.8, 4) is 0 Å². The molecular weight excluding hydrogens is 399 g/mol. The first kappa shape index (κ1) is 18.9. The zero-order valence-corrected chi connectivity index (χ0v) is 16.4. The summed E-state index contributed by atoms with van der Waals surface area (Å²) in [4.78, 5) is 0.165. The van der Waals surface area contributed by atoms with E-state index in [-0.39, 0.29) is 16.8 Å². The van der Waals surface area contributed by atoms with Crippen LogP contribution in [-0.2, 0) is 10.0 Å². The second kappa shape index (κ2) is 7.54. The van der Waals surface area contributed by atoms with Gasteiger partial charge in [-0.1, -0.05) is 41.9 Å². The molecule has 1 atom stereocenters. The first-order chi connectivity index (χ1) is 13.5.